The number of nitrogens with zero attached hydrogens (tertiary/aromatic N) is 3. The van der Waals surface area contributed by atoms with Gasteiger partial charge in [-0.1, -0.05) is 6.07 Å². The Bertz CT molecular complexity index is 1150. The minimum absolute atomic E-state index is 0.0587. The normalized spacial score (nSPS) is 14.9. The van der Waals surface area contributed by atoms with E-state index in [0.717, 1.165) is 4.88 Å². The topological polar surface area (TPSA) is 91.1 Å². The van der Waals surface area contributed by atoms with Gasteiger partial charge in [-0.05, 0) is 47.8 Å². The highest BCUT2D eigenvalue weighted by Gasteiger charge is 2.29. The van der Waals surface area contributed by atoms with Gasteiger partial charge in [-0.25, -0.2) is 8.42 Å². The third kappa shape index (κ3) is 5.35. The maximum Gasteiger partial charge on any atom is 0.254 e. The lowest BCUT2D eigenvalue weighted by Gasteiger charge is -2.33. The van der Waals surface area contributed by atoms with Gasteiger partial charge in [0, 0.05) is 43.5 Å². The molecular weight excluding hydrogens is 462 g/mol. The van der Waals surface area contributed by atoms with Crippen LogP contribution in [0.4, 0.5) is 0 Å². The largest absolute Gasteiger partial charge is 0.467 e. The average molecular weight is 488 g/mol. The third-order valence-corrected chi connectivity index (χ3v) is 8.34. The van der Waals surface area contributed by atoms with Crippen LogP contribution in [0.15, 0.2) is 69.5 Å². The number of furan rings is 1. The molecule has 3 heterocycles. The monoisotopic (exact) mass is 487 g/mol. The van der Waals surface area contributed by atoms with Crippen molar-refractivity contribution in [3.05, 3.63) is 76.4 Å². The minimum atomic E-state index is -3.70. The maximum absolute atomic E-state index is 13.3. The van der Waals surface area contributed by atoms with Crippen molar-refractivity contribution in [2.45, 2.75) is 24.9 Å². The fourth-order valence-corrected chi connectivity index (χ4v) is 5.87. The highest BCUT2D eigenvalue weighted by atomic mass is 32.2. The molecule has 0 unspecified atom stereocenters. The van der Waals surface area contributed by atoms with Crippen molar-refractivity contribution >= 4 is 33.2 Å². The Morgan fingerprint density at radius 3 is 2.30 bits per heavy atom. The smallest absolute Gasteiger partial charge is 0.254 e. The Labute approximate surface area is 197 Å². The molecule has 1 saturated heterocycles. The number of carbonyl (C=O) groups excluding carboxylic acids is 2. The first-order valence-electron chi connectivity index (χ1n) is 10.5. The van der Waals surface area contributed by atoms with Gasteiger partial charge in [-0.3, -0.25) is 9.59 Å². The number of piperazine rings is 1. The molecule has 174 valence electrons. The number of hydrogen-bond acceptors (Lipinski definition) is 6. The van der Waals surface area contributed by atoms with Crippen LogP contribution in [0.25, 0.3) is 0 Å². The van der Waals surface area contributed by atoms with Crippen LogP contribution in [0.3, 0.4) is 0 Å². The third-order valence-electron chi connectivity index (χ3n) is 5.56. The van der Waals surface area contributed by atoms with Gasteiger partial charge in [-0.15, -0.1) is 11.3 Å². The summed E-state index contributed by atoms with van der Waals surface area (Å²) in [5, 5.41) is 1.96. The Kier molecular flexibility index (Phi) is 6.96. The summed E-state index contributed by atoms with van der Waals surface area (Å²) in [6.07, 6.45) is 1.57. The lowest BCUT2D eigenvalue weighted by atomic mass is 10.2. The number of benzene rings is 1. The molecule has 1 aromatic carbocycles. The minimum Gasteiger partial charge on any atom is -0.467 e. The van der Waals surface area contributed by atoms with E-state index in [1.54, 1.807) is 45.6 Å². The second-order valence-electron chi connectivity index (χ2n) is 7.75. The van der Waals surface area contributed by atoms with Crippen molar-refractivity contribution in [1.82, 2.24) is 14.1 Å². The van der Waals surface area contributed by atoms with Crippen LogP contribution >= 0.6 is 11.3 Å². The molecule has 2 aromatic heterocycles. The number of sulfonamides is 1. The van der Waals surface area contributed by atoms with Gasteiger partial charge in [0.25, 0.3) is 5.91 Å². The molecule has 0 radical (unpaired) electrons. The summed E-state index contributed by atoms with van der Waals surface area (Å²) in [4.78, 5) is 29.2. The zero-order chi connectivity index (χ0) is 23.4. The van der Waals surface area contributed by atoms with Gasteiger partial charge in [-0.2, -0.15) is 4.31 Å². The molecule has 1 fully saturated rings. The predicted octanol–water partition coefficient (Wildman–Crippen LogP) is 3.04. The quantitative estimate of drug-likeness (QED) is 0.511. The molecular formula is C23H25N3O5S2. The fourth-order valence-electron chi connectivity index (χ4n) is 3.73. The molecule has 3 aromatic rings. The molecule has 0 bridgehead atoms. The number of thiophene rings is 1. The summed E-state index contributed by atoms with van der Waals surface area (Å²) in [6, 6.07) is 13.5. The van der Waals surface area contributed by atoms with E-state index in [-0.39, 0.29) is 29.8 Å². The van der Waals surface area contributed by atoms with E-state index in [9.17, 15) is 18.0 Å². The summed E-state index contributed by atoms with van der Waals surface area (Å²) in [5.41, 5.74) is 0.401. The van der Waals surface area contributed by atoms with Gasteiger partial charge in [0.1, 0.15) is 5.76 Å². The summed E-state index contributed by atoms with van der Waals surface area (Å²) < 4.78 is 32.8. The highest BCUT2D eigenvalue weighted by molar-refractivity contribution is 7.89. The van der Waals surface area contributed by atoms with Gasteiger partial charge >= 0.3 is 0 Å². The van der Waals surface area contributed by atoms with Crippen molar-refractivity contribution in [2.24, 2.45) is 0 Å². The molecule has 0 saturated carbocycles. The van der Waals surface area contributed by atoms with Crippen molar-refractivity contribution in [1.29, 1.82) is 0 Å². The Hall–Kier alpha value is -2.95. The number of rotatable bonds is 7. The molecule has 1 aliphatic heterocycles. The Morgan fingerprint density at radius 2 is 1.73 bits per heavy atom. The predicted molar refractivity (Wildman–Crippen MR) is 124 cm³/mol. The first-order chi connectivity index (χ1) is 15.8. The van der Waals surface area contributed by atoms with Crippen LogP contribution in [-0.2, 0) is 27.9 Å². The molecule has 0 atom stereocenters. The standard InChI is InChI=1S/C23H25N3O5S2/c1-18(27)24-10-12-26(13-11-24)33(29,30)22-8-6-19(7-9-22)23(28)25(16-20-4-2-14-31-20)17-21-5-3-15-32-21/h2-9,14-15H,10-13,16-17H2,1H3. The lowest BCUT2D eigenvalue weighted by molar-refractivity contribution is -0.129. The van der Waals surface area contributed by atoms with Gasteiger partial charge < -0.3 is 14.2 Å². The maximum atomic E-state index is 13.3. The van der Waals surface area contributed by atoms with Crippen LogP contribution in [0.5, 0.6) is 0 Å². The van der Waals surface area contributed by atoms with Crippen molar-refractivity contribution in [3.63, 3.8) is 0 Å². The van der Waals surface area contributed by atoms with E-state index < -0.39 is 10.0 Å². The summed E-state index contributed by atoms with van der Waals surface area (Å²) in [6.45, 7) is 3.46. The van der Waals surface area contributed by atoms with E-state index in [1.165, 1.54) is 23.4 Å². The Balaban J connectivity index is 1.49. The summed E-state index contributed by atoms with van der Waals surface area (Å²) in [5.74, 6) is 0.402. The van der Waals surface area contributed by atoms with Gasteiger partial charge in [0.15, 0.2) is 0 Å². The van der Waals surface area contributed by atoms with Crippen LogP contribution in [0.1, 0.15) is 27.9 Å². The molecule has 1 aliphatic rings. The van der Waals surface area contributed by atoms with Crippen molar-refractivity contribution in [3.8, 4) is 0 Å². The molecule has 0 spiro atoms. The molecule has 33 heavy (non-hydrogen) atoms. The molecule has 0 aliphatic carbocycles. The second-order valence-corrected chi connectivity index (χ2v) is 10.7. The lowest BCUT2D eigenvalue weighted by Crippen LogP contribution is -2.49. The molecule has 8 nitrogen and oxygen atoms in total. The SMILES string of the molecule is CC(=O)N1CCN(S(=O)(=O)c2ccc(C(=O)N(Cc3ccco3)Cc3cccs3)cc2)CC1. The summed E-state index contributed by atoms with van der Waals surface area (Å²) >= 11 is 1.57. The number of amides is 2. The first-order valence-corrected chi connectivity index (χ1v) is 12.9. The van der Waals surface area contributed by atoms with Crippen molar-refractivity contribution in [2.75, 3.05) is 26.2 Å². The molecule has 10 heteroatoms. The molecule has 0 N–H and O–H groups in total. The van der Waals surface area contributed by atoms with Crippen LogP contribution in [0.2, 0.25) is 0 Å². The average Bonchev–Trinajstić information content (AvgIpc) is 3.53. The highest BCUT2D eigenvalue weighted by Crippen LogP contribution is 2.21. The molecule has 4 rings (SSSR count). The van der Waals surface area contributed by atoms with Crippen molar-refractivity contribution < 1.29 is 22.4 Å². The first kappa shape index (κ1) is 23.2. The second kappa shape index (κ2) is 9.90. The van der Waals surface area contributed by atoms with Gasteiger partial charge in [0.2, 0.25) is 15.9 Å². The Morgan fingerprint density at radius 1 is 1.00 bits per heavy atom. The van der Waals surface area contributed by atoms with Gasteiger partial charge in [0.05, 0.1) is 24.2 Å². The zero-order valence-electron chi connectivity index (χ0n) is 18.2. The van der Waals surface area contributed by atoms with E-state index in [1.807, 2.05) is 23.6 Å². The van der Waals surface area contributed by atoms with E-state index in [4.69, 9.17) is 4.42 Å². The van der Waals surface area contributed by atoms with Crippen LogP contribution < -0.4 is 0 Å². The van der Waals surface area contributed by atoms with E-state index in [2.05, 4.69) is 0 Å². The zero-order valence-corrected chi connectivity index (χ0v) is 19.8. The fraction of sp³-hybridized carbons (Fsp3) is 0.304. The van der Waals surface area contributed by atoms with Crippen LogP contribution in [-0.4, -0.2) is 60.5 Å². The summed E-state index contributed by atoms with van der Waals surface area (Å²) in [7, 11) is -3.70. The van der Waals surface area contributed by atoms with E-state index in [0.29, 0.717) is 37.5 Å². The molecule has 2 amide bonds. The van der Waals surface area contributed by atoms with Crippen LogP contribution in [0, 0.1) is 0 Å². The number of carbonyl (C=O) groups is 2. The number of hydrogen-bond donors (Lipinski definition) is 0. The van der Waals surface area contributed by atoms with E-state index >= 15 is 0 Å².